The van der Waals surface area contributed by atoms with Crippen LogP contribution in [-0.4, -0.2) is 0 Å². The maximum atomic E-state index is 2.40. The lowest BCUT2D eigenvalue weighted by atomic mass is 9.44. The highest BCUT2D eigenvalue weighted by Crippen LogP contribution is 2.65. The Morgan fingerprint density at radius 1 is 1.38 bits per heavy atom. The van der Waals surface area contributed by atoms with Gasteiger partial charge in [0.15, 0.2) is 0 Å². The molecule has 2 bridgehead atoms. The fourth-order valence-electron chi connectivity index (χ4n) is 2.10. The average molecular weight is 108 g/mol. The topological polar surface area (TPSA) is 0 Å². The van der Waals surface area contributed by atoms with Crippen molar-refractivity contribution in [3.8, 4) is 0 Å². The summed E-state index contributed by atoms with van der Waals surface area (Å²) in [6.07, 6.45) is 9.09. The van der Waals surface area contributed by atoms with Gasteiger partial charge in [-0.05, 0) is 37.5 Å². The first-order valence-electron chi connectivity index (χ1n) is 3.48. The van der Waals surface area contributed by atoms with Crippen molar-refractivity contribution in [1.29, 1.82) is 0 Å². The van der Waals surface area contributed by atoms with Crippen molar-refractivity contribution in [2.24, 2.45) is 11.3 Å². The molecule has 0 nitrogen and oxygen atoms in total. The zero-order chi connectivity index (χ0) is 5.61. The number of hydrogen-bond acceptors (Lipinski definition) is 0. The van der Waals surface area contributed by atoms with Gasteiger partial charge in [0, 0.05) is 0 Å². The SMILES string of the molecule is CC=CC12CC(C1)C2. The van der Waals surface area contributed by atoms with E-state index in [9.17, 15) is 0 Å². The summed E-state index contributed by atoms with van der Waals surface area (Å²) in [6.45, 7) is 2.13. The molecule has 0 saturated heterocycles. The van der Waals surface area contributed by atoms with Gasteiger partial charge in [0.25, 0.3) is 0 Å². The van der Waals surface area contributed by atoms with Gasteiger partial charge in [0.05, 0.1) is 0 Å². The summed E-state index contributed by atoms with van der Waals surface area (Å²) in [5.41, 5.74) is 0.736. The third kappa shape index (κ3) is 0.367. The summed E-state index contributed by atoms with van der Waals surface area (Å²) >= 11 is 0. The van der Waals surface area contributed by atoms with Crippen molar-refractivity contribution in [3.63, 3.8) is 0 Å². The molecule has 0 N–H and O–H groups in total. The fraction of sp³-hybridized carbons (Fsp3) is 0.750. The van der Waals surface area contributed by atoms with Crippen LogP contribution in [0.1, 0.15) is 26.2 Å². The van der Waals surface area contributed by atoms with Crippen molar-refractivity contribution in [2.75, 3.05) is 0 Å². The molecular weight excluding hydrogens is 96.1 g/mol. The Hall–Kier alpha value is -0.260. The Labute approximate surface area is 50.6 Å². The lowest BCUT2D eigenvalue weighted by Gasteiger charge is -2.60. The van der Waals surface area contributed by atoms with Gasteiger partial charge in [-0.1, -0.05) is 12.2 Å². The van der Waals surface area contributed by atoms with E-state index in [0.717, 1.165) is 11.3 Å². The summed E-state index contributed by atoms with van der Waals surface area (Å²) in [7, 11) is 0. The molecule has 0 aliphatic heterocycles. The predicted octanol–water partition coefficient (Wildman–Crippen LogP) is 2.36. The molecule has 0 heteroatoms. The van der Waals surface area contributed by atoms with Crippen molar-refractivity contribution >= 4 is 0 Å². The van der Waals surface area contributed by atoms with Gasteiger partial charge in [-0.25, -0.2) is 0 Å². The maximum absolute atomic E-state index is 2.40. The molecule has 3 aliphatic carbocycles. The van der Waals surface area contributed by atoms with E-state index in [1.165, 1.54) is 19.3 Å². The Bertz CT molecular complexity index is 116. The van der Waals surface area contributed by atoms with Crippen LogP contribution in [0.25, 0.3) is 0 Å². The van der Waals surface area contributed by atoms with Crippen LogP contribution in [0.5, 0.6) is 0 Å². The Balaban J connectivity index is 2.05. The normalized spacial score (nSPS) is 50.9. The summed E-state index contributed by atoms with van der Waals surface area (Å²) < 4.78 is 0. The molecule has 0 amide bonds. The minimum absolute atomic E-state index is 0.736. The van der Waals surface area contributed by atoms with Gasteiger partial charge in [-0.2, -0.15) is 0 Å². The maximum Gasteiger partial charge on any atom is -0.0110 e. The molecule has 8 heavy (non-hydrogen) atoms. The fourth-order valence-corrected chi connectivity index (χ4v) is 2.10. The molecule has 0 heterocycles. The second-order valence-electron chi connectivity index (χ2n) is 3.34. The largest absolute Gasteiger partial charge is 0.0911 e. The molecule has 0 aromatic heterocycles. The van der Waals surface area contributed by atoms with Crippen LogP contribution in [0.2, 0.25) is 0 Å². The molecule has 0 aromatic carbocycles. The van der Waals surface area contributed by atoms with Crippen LogP contribution >= 0.6 is 0 Å². The molecule has 3 fully saturated rings. The lowest BCUT2D eigenvalue weighted by molar-refractivity contribution is -0.0601. The monoisotopic (exact) mass is 108 g/mol. The second-order valence-corrected chi connectivity index (χ2v) is 3.34. The highest BCUT2D eigenvalue weighted by Gasteiger charge is 2.54. The van der Waals surface area contributed by atoms with E-state index in [-0.39, 0.29) is 0 Å². The van der Waals surface area contributed by atoms with E-state index in [1.807, 2.05) is 0 Å². The Morgan fingerprint density at radius 3 is 2.12 bits per heavy atom. The molecule has 0 unspecified atom stereocenters. The van der Waals surface area contributed by atoms with Crippen molar-refractivity contribution in [3.05, 3.63) is 12.2 Å². The molecule has 0 spiro atoms. The van der Waals surface area contributed by atoms with Crippen LogP contribution in [0.4, 0.5) is 0 Å². The summed E-state index contributed by atoms with van der Waals surface area (Å²) in [5, 5.41) is 0. The first-order chi connectivity index (χ1) is 3.85. The minimum atomic E-state index is 0.736. The van der Waals surface area contributed by atoms with Crippen LogP contribution in [0.3, 0.4) is 0 Å². The zero-order valence-electron chi connectivity index (χ0n) is 5.35. The van der Waals surface area contributed by atoms with E-state index < -0.39 is 0 Å². The highest BCUT2D eigenvalue weighted by molar-refractivity contribution is 5.16. The summed E-state index contributed by atoms with van der Waals surface area (Å²) in [4.78, 5) is 0. The van der Waals surface area contributed by atoms with E-state index in [1.54, 1.807) is 0 Å². The Morgan fingerprint density at radius 2 is 2.00 bits per heavy atom. The van der Waals surface area contributed by atoms with Crippen molar-refractivity contribution in [2.45, 2.75) is 26.2 Å². The predicted molar refractivity (Wildman–Crippen MR) is 34.6 cm³/mol. The van der Waals surface area contributed by atoms with Crippen LogP contribution in [0, 0.1) is 11.3 Å². The van der Waals surface area contributed by atoms with Gasteiger partial charge < -0.3 is 0 Å². The quantitative estimate of drug-likeness (QED) is 0.452. The van der Waals surface area contributed by atoms with E-state index in [0.29, 0.717) is 0 Å². The van der Waals surface area contributed by atoms with Gasteiger partial charge in [0.2, 0.25) is 0 Å². The van der Waals surface area contributed by atoms with Crippen LogP contribution in [0.15, 0.2) is 12.2 Å². The first-order valence-corrected chi connectivity index (χ1v) is 3.48. The third-order valence-corrected chi connectivity index (χ3v) is 2.61. The summed E-state index contributed by atoms with van der Waals surface area (Å²) in [5.74, 6) is 1.13. The zero-order valence-corrected chi connectivity index (χ0v) is 5.35. The smallest absolute Gasteiger partial charge is 0.0110 e. The Kier molecular flexibility index (Phi) is 0.677. The number of hydrogen-bond donors (Lipinski definition) is 0. The molecule has 3 rings (SSSR count). The average Bonchev–Trinajstić information content (AvgIpc) is 1.50. The number of allylic oxidation sites excluding steroid dienone is 2. The van der Waals surface area contributed by atoms with Crippen LogP contribution < -0.4 is 0 Å². The van der Waals surface area contributed by atoms with Gasteiger partial charge in [-0.15, -0.1) is 0 Å². The van der Waals surface area contributed by atoms with Gasteiger partial charge >= 0.3 is 0 Å². The minimum Gasteiger partial charge on any atom is -0.0911 e. The van der Waals surface area contributed by atoms with Gasteiger partial charge in [-0.3, -0.25) is 0 Å². The first kappa shape index (κ1) is 4.60. The molecule has 0 aromatic rings. The van der Waals surface area contributed by atoms with Crippen LogP contribution in [-0.2, 0) is 0 Å². The third-order valence-electron chi connectivity index (χ3n) is 2.61. The molecule has 44 valence electrons. The number of rotatable bonds is 1. The van der Waals surface area contributed by atoms with Gasteiger partial charge in [0.1, 0.15) is 0 Å². The molecular formula is C8H12. The van der Waals surface area contributed by atoms with E-state index in [2.05, 4.69) is 19.1 Å². The second kappa shape index (κ2) is 1.18. The standard InChI is InChI=1S/C8H12/c1-2-3-8-4-7(5-8)6-8/h2-3,7H,4-6H2,1H3. The highest BCUT2D eigenvalue weighted by atomic mass is 14.6. The molecule has 0 atom stereocenters. The summed E-state index contributed by atoms with van der Waals surface area (Å²) in [6, 6.07) is 0. The molecule has 3 saturated carbocycles. The molecule has 0 radical (unpaired) electrons. The molecule has 3 aliphatic rings. The van der Waals surface area contributed by atoms with Crippen molar-refractivity contribution in [1.82, 2.24) is 0 Å². The van der Waals surface area contributed by atoms with E-state index in [4.69, 9.17) is 0 Å². The van der Waals surface area contributed by atoms with E-state index >= 15 is 0 Å². The van der Waals surface area contributed by atoms with Crippen molar-refractivity contribution < 1.29 is 0 Å². The lowest BCUT2D eigenvalue weighted by Crippen LogP contribution is -2.49.